The van der Waals surface area contributed by atoms with E-state index in [1.165, 1.54) is 23.6 Å². The van der Waals surface area contributed by atoms with Crippen LogP contribution in [0.25, 0.3) is 0 Å². The molecule has 0 aliphatic heterocycles. The van der Waals surface area contributed by atoms with Crippen molar-refractivity contribution >= 4 is 11.9 Å². The van der Waals surface area contributed by atoms with Crippen LogP contribution in [0.2, 0.25) is 0 Å². The molecule has 0 N–H and O–H groups in total. The zero-order valence-corrected chi connectivity index (χ0v) is 13.3. The van der Waals surface area contributed by atoms with E-state index < -0.39 is 17.8 Å². The summed E-state index contributed by atoms with van der Waals surface area (Å²) in [5.41, 5.74) is -0.824. The number of carbonyl (C=O) groups is 1. The molecule has 2 heterocycles. The zero-order valence-electron chi connectivity index (χ0n) is 13.3. The minimum atomic E-state index is -4.57. The van der Waals surface area contributed by atoms with E-state index in [-0.39, 0.29) is 31.3 Å². The summed E-state index contributed by atoms with van der Waals surface area (Å²) < 4.78 is 45.3. The van der Waals surface area contributed by atoms with Gasteiger partial charge in [0.2, 0.25) is 0 Å². The van der Waals surface area contributed by atoms with E-state index >= 15 is 0 Å². The van der Waals surface area contributed by atoms with Gasteiger partial charge in [0.15, 0.2) is 5.69 Å². The number of hydrogen-bond acceptors (Lipinski definition) is 6. The van der Waals surface area contributed by atoms with Gasteiger partial charge in [-0.15, -0.1) is 0 Å². The van der Waals surface area contributed by atoms with E-state index in [1.54, 1.807) is 7.05 Å². The third-order valence-corrected chi connectivity index (χ3v) is 3.22. The minimum Gasteiger partial charge on any atom is -0.383 e. The molecule has 0 aliphatic rings. The number of halogens is 3. The van der Waals surface area contributed by atoms with Gasteiger partial charge in [-0.3, -0.25) is 14.4 Å². The van der Waals surface area contributed by atoms with Gasteiger partial charge >= 0.3 is 6.18 Å². The van der Waals surface area contributed by atoms with Crippen LogP contribution in [0.1, 0.15) is 11.4 Å². The summed E-state index contributed by atoms with van der Waals surface area (Å²) in [6.45, 7) is 1.43. The molecule has 0 atom stereocenters. The standard InChI is InChI=1S/C12H16F3N7O2/c1-8-6-9(12(13,14)15)17-22(8)7-10(23)21(4-5-24-3)11-16-18-19-20(11)2/h6H,4-5,7H2,1-3H3. The first-order chi connectivity index (χ1) is 11.2. The number of nitrogens with zero attached hydrogens (tertiary/aromatic N) is 7. The van der Waals surface area contributed by atoms with Crippen LogP contribution >= 0.6 is 0 Å². The highest BCUT2D eigenvalue weighted by atomic mass is 19.4. The van der Waals surface area contributed by atoms with E-state index in [4.69, 9.17) is 4.74 Å². The van der Waals surface area contributed by atoms with Crippen molar-refractivity contribution < 1.29 is 22.7 Å². The molecule has 1 amide bonds. The summed E-state index contributed by atoms with van der Waals surface area (Å²) in [4.78, 5) is 13.7. The van der Waals surface area contributed by atoms with Gasteiger partial charge in [0.05, 0.1) is 13.2 Å². The van der Waals surface area contributed by atoms with Crippen molar-refractivity contribution in [3.63, 3.8) is 0 Å². The molecule has 2 aromatic heterocycles. The van der Waals surface area contributed by atoms with Gasteiger partial charge < -0.3 is 4.74 Å². The Morgan fingerprint density at radius 2 is 2.12 bits per heavy atom. The predicted octanol–water partition coefficient (Wildman–Crippen LogP) is 0.413. The van der Waals surface area contributed by atoms with Gasteiger partial charge in [0, 0.05) is 19.9 Å². The molecule has 12 heteroatoms. The van der Waals surface area contributed by atoms with Crippen LogP contribution in [0, 0.1) is 6.92 Å². The predicted molar refractivity (Wildman–Crippen MR) is 75.0 cm³/mol. The molecule has 0 spiro atoms. The van der Waals surface area contributed by atoms with Crippen LogP contribution < -0.4 is 4.90 Å². The lowest BCUT2D eigenvalue weighted by Crippen LogP contribution is -2.38. The number of methoxy groups -OCH3 is 1. The van der Waals surface area contributed by atoms with E-state index in [0.717, 1.165) is 10.7 Å². The highest BCUT2D eigenvalue weighted by Gasteiger charge is 2.34. The number of ether oxygens (including phenoxy) is 1. The molecular weight excluding hydrogens is 331 g/mol. The lowest BCUT2D eigenvalue weighted by Gasteiger charge is -2.20. The second-order valence-corrected chi connectivity index (χ2v) is 4.97. The van der Waals surface area contributed by atoms with Crippen LogP contribution in [-0.4, -0.2) is 56.2 Å². The maximum absolute atomic E-state index is 12.7. The third-order valence-electron chi connectivity index (χ3n) is 3.22. The van der Waals surface area contributed by atoms with Crippen molar-refractivity contribution in [3.8, 4) is 0 Å². The zero-order chi connectivity index (χ0) is 17.9. The van der Waals surface area contributed by atoms with Gasteiger partial charge in [0.25, 0.3) is 11.9 Å². The number of tetrazole rings is 1. The number of aryl methyl sites for hydroxylation is 2. The van der Waals surface area contributed by atoms with Crippen LogP contribution in [0.4, 0.5) is 19.1 Å². The largest absolute Gasteiger partial charge is 0.435 e. The molecule has 0 radical (unpaired) electrons. The van der Waals surface area contributed by atoms with Gasteiger partial charge in [-0.2, -0.15) is 18.3 Å². The monoisotopic (exact) mass is 347 g/mol. The Bertz CT molecular complexity index is 710. The molecule has 0 aromatic carbocycles. The fourth-order valence-electron chi connectivity index (χ4n) is 1.99. The molecule has 2 rings (SSSR count). The van der Waals surface area contributed by atoms with E-state index in [1.807, 2.05) is 0 Å². The molecule has 0 aliphatic carbocycles. The van der Waals surface area contributed by atoms with Crippen LogP contribution in [0.15, 0.2) is 6.07 Å². The van der Waals surface area contributed by atoms with Crippen molar-refractivity contribution in [2.45, 2.75) is 19.6 Å². The second-order valence-electron chi connectivity index (χ2n) is 4.97. The van der Waals surface area contributed by atoms with Crippen molar-refractivity contribution in [3.05, 3.63) is 17.5 Å². The number of carbonyl (C=O) groups excluding carboxylic acids is 1. The van der Waals surface area contributed by atoms with Gasteiger partial charge in [-0.05, 0) is 23.4 Å². The second kappa shape index (κ2) is 6.95. The van der Waals surface area contributed by atoms with Gasteiger partial charge in [0.1, 0.15) is 6.54 Å². The molecular formula is C12H16F3N7O2. The van der Waals surface area contributed by atoms with E-state index in [9.17, 15) is 18.0 Å². The molecule has 132 valence electrons. The maximum Gasteiger partial charge on any atom is 0.435 e. The smallest absolute Gasteiger partial charge is 0.383 e. The molecule has 0 unspecified atom stereocenters. The highest BCUT2D eigenvalue weighted by Crippen LogP contribution is 2.28. The Morgan fingerprint density at radius 1 is 1.42 bits per heavy atom. The fraction of sp³-hybridized carbons (Fsp3) is 0.583. The quantitative estimate of drug-likeness (QED) is 0.752. The Balaban J connectivity index is 2.22. The molecule has 0 bridgehead atoms. The molecule has 0 saturated carbocycles. The lowest BCUT2D eigenvalue weighted by atomic mass is 10.3. The normalized spacial score (nSPS) is 11.8. The number of hydrogen-bond donors (Lipinski definition) is 0. The summed E-state index contributed by atoms with van der Waals surface area (Å²) in [6.07, 6.45) is -4.57. The number of amides is 1. The van der Waals surface area contributed by atoms with Crippen LogP contribution in [0.3, 0.4) is 0 Å². The highest BCUT2D eigenvalue weighted by molar-refractivity contribution is 5.91. The van der Waals surface area contributed by atoms with Crippen LogP contribution in [-0.2, 0) is 29.3 Å². The van der Waals surface area contributed by atoms with Gasteiger partial charge in [-0.1, -0.05) is 5.10 Å². The summed E-state index contributed by atoms with van der Waals surface area (Å²) >= 11 is 0. The summed E-state index contributed by atoms with van der Waals surface area (Å²) in [6, 6.07) is 0.886. The number of anilines is 1. The van der Waals surface area contributed by atoms with Crippen LogP contribution in [0.5, 0.6) is 0 Å². The third kappa shape index (κ3) is 3.88. The number of aromatic nitrogens is 6. The first-order valence-electron chi connectivity index (χ1n) is 6.87. The number of alkyl halides is 3. The minimum absolute atomic E-state index is 0.149. The summed E-state index contributed by atoms with van der Waals surface area (Å²) in [5, 5.41) is 14.3. The SMILES string of the molecule is COCCN(C(=O)Cn1nc(C(F)(F)F)cc1C)c1nnnn1C. The Kier molecular flexibility index (Phi) is 5.17. The molecule has 2 aromatic rings. The van der Waals surface area contributed by atoms with Crippen molar-refractivity contribution in [2.75, 3.05) is 25.2 Å². The van der Waals surface area contributed by atoms with E-state index in [2.05, 4.69) is 20.6 Å². The number of rotatable bonds is 6. The Hall–Kier alpha value is -2.50. The lowest BCUT2D eigenvalue weighted by molar-refractivity contribution is -0.141. The van der Waals surface area contributed by atoms with Crippen molar-refractivity contribution in [2.24, 2.45) is 7.05 Å². The Morgan fingerprint density at radius 3 is 2.62 bits per heavy atom. The van der Waals surface area contributed by atoms with Crippen molar-refractivity contribution in [1.82, 2.24) is 30.0 Å². The first kappa shape index (κ1) is 17.8. The average molecular weight is 347 g/mol. The van der Waals surface area contributed by atoms with Gasteiger partial charge in [-0.25, -0.2) is 4.68 Å². The van der Waals surface area contributed by atoms with E-state index in [0.29, 0.717) is 0 Å². The first-order valence-corrected chi connectivity index (χ1v) is 6.87. The molecule has 9 nitrogen and oxygen atoms in total. The molecule has 24 heavy (non-hydrogen) atoms. The topological polar surface area (TPSA) is 91.0 Å². The Labute approximate surface area is 135 Å². The molecule has 0 saturated heterocycles. The molecule has 0 fully saturated rings. The fourth-order valence-corrected chi connectivity index (χ4v) is 1.99. The summed E-state index contributed by atoms with van der Waals surface area (Å²) in [7, 11) is 3.01. The van der Waals surface area contributed by atoms with Crippen molar-refractivity contribution in [1.29, 1.82) is 0 Å². The summed E-state index contributed by atoms with van der Waals surface area (Å²) in [5.74, 6) is -0.345. The maximum atomic E-state index is 12.7. The average Bonchev–Trinajstić information content (AvgIpc) is 3.06.